The highest BCUT2D eigenvalue weighted by Gasteiger charge is 2.17. The van der Waals surface area contributed by atoms with Gasteiger partial charge in [0, 0.05) is 32.4 Å². The average Bonchev–Trinajstić information content (AvgIpc) is 2.98. The van der Waals surface area contributed by atoms with Gasteiger partial charge in [-0.05, 0) is 25.3 Å². The number of nitrogen functional groups attached to an aromatic ring is 1. The van der Waals surface area contributed by atoms with Gasteiger partial charge in [0.1, 0.15) is 11.5 Å². The van der Waals surface area contributed by atoms with Crippen molar-refractivity contribution in [3.05, 3.63) is 17.8 Å². The number of aryl methyl sites for hydroxylation is 2. The Bertz CT molecular complexity index is 597. The lowest BCUT2D eigenvalue weighted by Crippen LogP contribution is -2.19. The zero-order valence-electron chi connectivity index (χ0n) is 11.3. The fourth-order valence-corrected chi connectivity index (χ4v) is 2.54. The van der Waals surface area contributed by atoms with Crippen LogP contribution in [0.25, 0.3) is 11.4 Å². The molecule has 19 heavy (non-hydrogen) atoms. The number of anilines is 2. The molecule has 2 aromatic heterocycles. The van der Waals surface area contributed by atoms with Crippen LogP contribution in [-0.2, 0) is 7.05 Å². The molecular weight excluding hydrogens is 240 g/mol. The van der Waals surface area contributed by atoms with Crippen molar-refractivity contribution in [2.75, 3.05) is 23.7 Å². The quantitative estimate of drug-likeness (QED) is 0.880. The Morgan fingerprint density at radius 2 is 1.95 bits per heavy atom. The fourth-order valence-electron chi connectivity index (χ4n) is 2.54. The minimum atomic E-state index is 0.310. The Hall–Kier alpha value is -2.11. The van der Waals surface area contributed by atoms with Gasteiger partial charge < -0.3 is 10.6 Å². The normalized spacial score (nSPS) is 15.2. The summed E-state index contributed by atoms with van der Waals surface area (Å²) in [5.74, 6) is 1.22. The Balaban J connectivity index is 2.04. The van der Waals surface area contributed by atoms with Crippen LogP contribution in [0.15, 0.2) is 12.3 Å². The molecule has 0 unspecified atom stereocenters. The molecule has 2 N–H and O–H groups in total. The van der Waals surface area contributed by atoms with Gasteiger partial charge in [-0.2, -0.15) is 10.1 Å². The van der Waals surface area contributed by atoms with Crippen LogP contribution in [0, 0.1) is 6.92 Å². The minimum absolute atomic E-state index is 0.310. The number of nitrogens with two attached hydrogens (primary N) is 1. The van der Waals surface area contributed by atoms with Crippen molar-refractivity contribution in [1.29, 1.82) is 0 Å². The van der Waals surface area contributed by atoms with E-state index in [1.54, 1.807) is 4.68 Å². The van der Waals surface area contributed by atoms with Crippen molar-refractivity contribution in [3.8, 4) is 11.4 Å². The van der Waals surface area contributed by atoms with Crippen LogP contribution in [0.4, 0.5) is 11.8 Å². The standard InChI is InChI=1S/C13H18N6/c1-9-8-18(2)17-12(9)10-7-11(16-13(14)15-10)19-5-3-4-6-19/h7-8H,3-6H2,1-2H3,(H2,14,15,16). The van der Waals surface area contributed by atoms with Gasteiger partial charge >= 0.3 is 0 Å². The van der Waals surface area contributed by atoms with Crippen molar-refractivity contribution in [2.45, 2.75) is 19.8 Å². The van der Waals surface area contributed by atoms with Crippen LogP contribution in [0.2, 0.25) is 0 Å². The Kier molecular flexibility index (Phi) is 2.85. The molecule has 1 aliphatic rings. The molecular formula is C13H18N6. The summed E-state index contributed by atoms with van der Waals surface area (Å²) in [7, 11) is 1.91. The number of hydrogen-bond acceptors (Lipinski definition) is 5. The van der Waals surface area contributed by atoms with E-state index in [-0.39, 0.29) is 0 Å². The van der Waals surface area contributed by atoms with Crippen LogP contribution in [0.1, 0.15) is 18.4 Å². The zero-order valence-corrected chi connectivity index (χ0v) is 11.3. The van der Waals surface area contributed by atoms with E-state index < -0.39 is 0 Å². The van der Waals surface area contributed by atoms with Crippen molar-refractivity contribution >= 4 is 11.8 Å². The maximum Gasteiger partial charge on any atom is 0.222 e. The molecule has 0 aromatic carbocycles. The van der Waals surface area contributed by atoms with Crippen molar-refractivity contribution in [3.63, 3.8) is 0 Å². The second-order valence-electron chi connectivity index (χ2n) is 5.00. The number of hydrogen-bond donors (Lipinski definition) is 1. The molecule has 3 heterocycles. The van der Waals surface area contributed by atoms with Gasteiger partial charge in [0.25, 0.3) is 0 Å². The smallest absolute Gasteiger partial charge is 0.222 e. The highest BCUT2D eigenvalue weighted by molar-refractivity contribution is 5.63. The molecule has 3 rings (SSSR count). The molecule has 6 nitrogen and oxygen atoms in total. The number of aromatic nitrogens is 4. The Morgan fingerprint density at radius 1 is 1.21 bits per heavy atom. The van der Waals surface area contributed by atoms with E-state index in [9.17, 15) is 0 Å². The second-order valence-corrected chi connectivity index (χ2v) is 5.00. The average molecular weight is 258 g/mol. The van der Waals surface area contributed by atoms with Gasteiger partial charge in [-0.25, -0.2) is 4.98 Å². The summed E-state index contributed by atoms with van der Waals surface area (Å²) in [5.41, 5.74) is 8.60. The lowest BCUT2D eigenvalue weighted by atomic mass is 10.2. The fraction of sp³-hybridized carbons (Fsp3) is 0.462. The molecule has 0 spiro atoms. The predicted molar refractivity (Wildman–Crippen MR) is 74.8 cm³/mol. The monoisotopic (exact) mass is 258 g/mol. The molecule has 0 atom stereocenters. The Labute approximate surface area is 112 Å². The van der Waals surface area contributed by atoms with Gasteiger partial charge in [0.15, 0.2) is 0 Å². The van der Waals surface area contributed by atoms with E-state index >= 15 is 0 Å². The molecule has 0 aliphatic carbocycles. The topological polar surface area (TPSA) is 72.9 Å². The molecule has 2 aromatic rings. The maximum atomic E-state index is 5.84. The summed E-state index contributed by atoms with van der Waals surface area (Å²) in [5, 5.41) is 4.44. The second kappa shape index (κ2) is 4.53. The van der Waals surface area contributed by atoms with Crippen LogP contribution in [0.3, 0.4) is 0 Å². The van der Waals surface area contributed by atoms with E-state index in [0.29, 0.717) is 5.95 Å². The summed E-state index contributed by atoms with van der Waals surface area (Å²) in [4.78, 5) is 10.9. The van der Waals surface area contributed by atoms with Crippen LogP contribution in [-0.4, -0.2) is 32.8 Å². The summed E-state index contributed by atoms with van der Waals surface area (Å²) in [6.45, 7) is 4.10. The highest BCUT2D eigenvalue weighted by Crippen LogP contribution is 2.25. The largest absolute Gasteiger partial charge is 0.368 e. The number of rotatable bonds is 2. The molecule has 0 bridgehead atoms. The van der Waals surface area contributed by atoms with E-state index in [1.807, 2.05) is 26.2 Å². The zero-order chi connectivity index (χ0) is 13.4. The molecule has 0 saturated carbocycles. The van der Waals surface area contributed by atoms with E-state index in [4.69, 9.17) is 5.73 Å². The Morgan fingerprint density at radius 3 is 2.58 bits per heavy atom. The van der Waals surface area contributed by atoms with Gasteiger partial charge in [-0.15, -0.1) is 0 Å². The summed E-state index contributed by atoms with van der Waals surface area (Å²) < 4.78 is 1.79. The first-order valence-corrected chi connectivity index (χ1v) is 6.53. The molecule has 0 radical (unpaired) electrons. The van der Waals surface area contributed by atoms with Gasteiger partial charge in [-0.3, -0.25) is 4.68 Å². The van der Waals surface area contributed by atoms with Gasteiger partial charge in [0.05, 0.1) is 5.69 Å². The SMILES string of the molecule is Cc1cn(C)nc1-c1cc(N2CCCC2)nc(N)n1. The molecule has 0 amide bonds. The first-order valence-electron chi connectivity index (χ1n) is 6.53. The van der Waals surface area contributed by atoms with Crippen molar-refractivity contribution in [1.82, 2.24) is 19.7 Å². The number of nitrogens with zero attached hydrogens (tertiary/aromatic N) is 5. The van der Waals surface area contributed by atoms with Gasteiger partial charge in [-0.1, -0.05) is 0 Å². The summed E-state index contributed by atoms with van der Waals surface area (Å²) >= 11 is 0. The lowest BCUT2D eigenvalue weighted by Gasteiger charge is -2.17. The maximum absolute atomic E-state index is 5.84. The molecule has 1 fully saturated rings. The van der Waals surface area contributed by atoms with E-state index in [1.165, 1.54) is 12.8 Å². The van der Waals surface area contributed by atoms with Gasteiger partial charge in [0.2, 0.25) is 5.95 Å². The first-order chi connectivity index (χ1) is 9.13. The molecule has 100 valence electrons. The third-order valence-corrected chi connectivity index (χ3v) is 3.41. The van der Waals surface area contributed by atoms with E-state index in [0.717, 1.165) is 35.9 Å². The molecule has 6 heteroatoms. The summed E-state index contributed by atoms with van der Waals surface area (Å²) in [6, 6.07) is 1.98. The molecule has 1 saturated heterocycles. The minimum Gasteiger partial charge on any atom is -0.368 e. The first kappa shape index (κ1) is 12.0. The van der Waals surface area contributed by atoms with Crippen LogP contribution >= 0.6 is 0 Å². The molecule has 1 aliphatic heterocycles. The highest BCUT2D eigenvalue weighted by atomic mass is 15.3. The van der Waals surface area contributed by atoms with Crippen molar-refractivity contribution < 1.29 is 0 Å². The summed E-state index contributed by atoms with van der Waals surface area (Å²) in [6.07, 6.45) is 4.40. The van der Waals surface area contributed by atoms with E-state index in [2.05, 4.69) is 20.0 Å². The third-order valence-electron chi connectivity index (χ3n) is 3.41. The van der Waals surface area contributed by atoms with Crippen LogP contribution in [0.5, 0.6) is 0 Å². The predicted octanol–water partition coefficient (Wildman–Crippen LogP) is 1.37. The third kappa shape index (κ3) is 2.25. The van der Waals surface area contributed by atoms with Crippen molar-refractivity contribution in [2.24, 2.45) is 7.05 Å². The van der Waals surface area contributed by atoms with Crippen LogP contribution < -0.4 is 10.6 Å². The lowest BCUT2D eigenvalue weighted by molar-refractivity contribution is 0.769.